The lowest BCUT2D eigenvalue weighted by Crippen LogP contribution is -2.49. The van der Waals surface area contributed by atoms with Gasteiger partial charge in [0.05, 0.1) is 24.5 Å². The van der Waals surface area contributed by atoms with Crippen LogP contribution in [0.4, 0.5) is 5.69 Å². The number of amides is 3. The number of likely N-dealkylation sites (tertiary alicyclic amines) is 1. The van der Waals surface area contributed by atoms with Crippen LogP contribution in [-0.2, 0) is 25.5 Å². The molecule has 2 aromatic carbocycles. The zero-order chi connectivity index (χ0) is 23.1. The Labute approximate surface area is 191 Å². The summed E-state index contributed by atoms with van der Waals surface area (Å²) >= 11 is 0. The summed E-state index contributed by atoms with van der Waals surface area (Å²) in [5.41, 5.74) is 1.68. The Morgan fingerprint density at radius 2 is 1.58 bits per heavy atom. The van der Waals surface area contributed by atoms with Crippen molar-refractivity contribution in [3.63, 3.8) is 0 Å². The van der Waals surface area contributed by atoms with Crippen molar-refractivity contribution in [2.45, 2.75) is 18.9 Å². The largest absolute Gasteiger partial charge is 0.465 e. The highest BCUT2D eigenvalue weighted by molar-refractivity contribution is 6.11. The lowest BCUT2D eigenvalue weighted by molar-refractivity contribution is -0.147. The number of allylic oxidation sites excluding steroid dienone is 2. The average Bonchev–Trinajstić information content (AvgIpc) is 3.52. The molecule has 7 heteroatoms. The van der Waals surface area contributed by atoms with Crippen LogP contribution in [0.2, 0.25) is 0 Å². The van der Waals surface area contributed by atoms with Gasteiger partial charge in [-0.2, -0.15) is 0 Å². The second-order valence-electron chi connectivity index (χ2n) is 8.81. The highest BCUT2D eigenvalue weighted by atomic mass is 16.5. The summed E-state index contributed by atoms with van der Waals surface area (Å²) in [7, 11) is 1.30. The predicted molar refractivity (Wildman–Crippen MR) is 120 cm³/mol. The molecule has 0 aromatic heterocycles. The van der Waals surface area contributed by atoms with Gasteiger partial charge in [-0.05, 0) is 48.1 Å². The van der Waals surface area contributed by atoms with Crippen molar-refractivity contribution >= 4 is 29.4 Å². The first-order valence-electron chi connectivity index (χ1n) is 11.1. The molecule has 1 N–H and O–H groups in total. The molecule has 1 heterocycles. The molecule has 0 radical (unpaired) electrons. The quantitative estimate of drug-likeness (QED) is 0.420. The average molecular weight is 444 g/mol. The number of fused-ring (bicyclic) bond motifs is 5. The van der Waals surface area contributed by atoms with Gasteiger partial charge in [-0.25, -0.2) is 4.79 Å². The van der Waals surface area contributed by atoms with E-state index >= 15 is 0 Å². The van der Waals surface area contributed by atoms with Crippen molar-refractivity contribution in [3.05, 3.63) is 77.9 Å². The van der Waals surface area contributed by atoms with Crippen LogP contribution in [0.1, 0.15) is 22.3 Å². The minimum Gasteiger partial charge on any atom is -0.465 e. The fourth-order valence-electron chi connectivity index (χ4n) is 5.40. The lowest BCUT2D eigenvalue weighted by Gasteiger charge is -2.27. The smallest absolute Gasteiger partial charge is 0.337 e. The van der Waals surface area contributed by atoms with Crippen molar-refractivity contribution in [1.29, 1.82) is 0 Å². The molecule has 3 amide bonds. The Morgan fingerprint density at radius 1 is 0.970 bits per heavy atom. The maximum absolute atomic E-state index is 13.4. The second kappa shape index (κ2) is 8.31. The van der Waals surface area contributed by atoms with E-state index in [0.717, 1.165) is 12.0 Å². The van der Waals surface area contributed by atoms with Gasteiger partial charge < -0.3 is 10.1 Å². The summed E-state index contributed by atoms with van der Waals surface area (Å²) in [6.45, 7) is 0. The van der Waals surface area contributed by atoms with E-state index in [0.29, 0.717) is 11.3 Å². The number of ether oxygens (including phenoxy) is 1. The van der Waals surface area contributed by atoms with Gasteiger partial charge in [0.2, 0.25) is 17.7 Å². The molecule has 7 nitrogen and oxygen atoms in total. The van der Waals surface area contributed by atoms with Crippen LogP contribution < -0.4 is 5.32 Å². The third-order valence-electron chi connectivity index (χ3n) is 6.96. The van der Waals surface area contributed by atoms with E-state index < -0.39 is 17.9 Å². The summed E-state index contributed by atoms with van der Waals surface area (Å²) < 4.78 is 4.70. The van der Waals surface area contributed by atoms with E-state index in [-0.39, 0.29) is 41.9 Å². The van der Waals surface area contributed by atoms with Crippen molar-refractivity contribution in [2.24, 2.45) is 23.7 Å². The normalized spacial score (nSPS) is 25.8. The fraction of sp³-hybridized carbons (Fsp3) is 0.308. The molecule has 1 saturated heterocycles. The summed E-state index contributed by atoms with van der Waals surface area (Å²) in [6.07, 6.45) is 5.14. The fourth-order valence-corrected chi connectivity index (χ4v) is 5.40. The highest BCUT2D eigenvalue weighted by Crippen LogP contribution is 2.53. The van der Waals surface area contributed by atoms with E-state index in [4.69, 9.17) is 4.74 Å². The SMILES string of the molecule is COC(=O)c1ccc(NC(=O)[C@H](Cc2ccccc2)N2C(=O)[C@@H]3[C@@H](C2=O)[C@H]2C=C[C@H]3C2)cc1. The maximum atomic E-state index is 13.4. The number of carbonyl (C=O) groups excluding carboxylic acids is 4. The molecular weight excluding hydrogens is 420 g/mol. The van der Waals surface area contributed by atoms with Gasteiger partial charge in [0.25, 0.3) is 0 Å². The number of nitrogens with zero attached hydrogens (tertiary/aromatic N) is 1. The number of rotatable bonds is 6. The topological polar surface area (TPSA) is 92.8 Å². The molecule has 0 unspecified atom stereocenters. The first kappa shape index (κ1) is 21.1. The van der Waals surface area contributed by atoms with E-state index in [1.807, 2.05) is 42.5 Å². The van der Waals surface area contributed by atoms with Crippen molar-refractivity contribution in [2.75, 3.05) is 12.4 Å². The van der Waals surface area contributed by atoms with Gasteiger partial charge in [-0.3, -0.25) is 19.3 Å². The monoisotopic (exact) mass is 444 g/mol. The number of hydrogen-bond donors (Lipinski definition) is 1. The Bertz CT molecular complexity index is 1110. The molecule has 33 heavy (non-hydrogen) atoms. The third kappa shape index (κ3) is 3.63. The van der Waals surface area contributed by atoms with Gasteiger partial charge >= 0.3 is 5.97 Å². The van der Waals surface area contributed by atoms with Crippen LogP contribution >= 0.6 is 0 Å². The molecule has 2 fully saturated rings. The number of carbonyl (C=O) groups is 4. The first-order chi connectivity index (χ1) is 16.0. The molecule has 0 spiro atoms. The summed E-state index contributed by atoms with van der Waals surface area (Å²) in [5.74, 6) is -1.99. The zero-order valence-electron chi connectivity index (χ0n) is 18.1. The third-order valence-corrected chi connectivity index (χ3v) is 6.96. The predicted octanol–water partition coefficient (Wildman–Crippen LogP) is 2.83. The van der Waals surface area contributed by atoms with Crippen molar-refractivity contribution in [3.8, 4) is 0 Å². The first-order valence-corrected chi connectivity index (χ1v) is 11.1. The number of anilines is 1. The molecule has 1 aliphatic heterocycles. The van der Waals surface area contributed by atoms with Crippen molar-refractivity contribution in [1.82, 2.24) is 4.90 Å². The molecular formula is C26H24N2O5. The molecule has 2 aliphatic carbocycles. The van der Waals surface area contributed by atoms with Gasteiger partial charge in [-0.15, -0.1) is 0 Å². The molecule has 5 atom stereocenters. The molecule has 5 rings (SSSR count). The summed E-state index contributed by atoms with van der Waals surface area (Å²) in [6, 6.07) is 14.7. The standard InChI is InChI=1S/C26H24N2O5/c1-33-26(32)16-9-11-19(12-10-16)27-23(29)20(13-15-5-3-2-4-6-15)28-24(30)21-17-7-8-18(14-17)22(21)25(28)31/h2-12,17-18,20-22H,13-14H2,1H3,(H,27,29)/t17-,18-,20-,21-,22-/m0/s1. The van der Waals surface area contributed by atoms with E-state index in [1.165, 1.54) is 12.0 Å². The van der Waals surface area contributed by atoms with Gasteiger partial charge in [0, 0.05) is 12.1 Å². The Balaban J connectivity index is 1.41. The van der Waals surface area contributed by atoms with Crippen LogP contribution in [0.15, 0.2) is 66.7 Å². The number of esters is 1. The second-order valence-corrected chi connectivity index (χ2v) is 8.81. The summed E-state index contributed by atoms with van der Waals surface area (Å²) in [5, 5.41) is 2.82. The number of imide groups is 1. The Morgan fingerprint density at radius 3 is 2.15 bits per heavy atom. The van der Waals surface area contributed by atoms with Crippen LogP contribution in [0.25, 0.3) is 0 Å². The summed E-state index contributed by atoms with van der Waals surface area (Å²) in [4.78, 5) is 53.0. The molecule has 3 aliphatic rings. The molecule has 1 saturated carbocycles. The molecule has 2 bridgehead atoms. The number of benzene rings is 2. The Hall–Kier alpha value is -3.74. The van der Waals surface area contributed by atoms with Gasteiger partial charge in [0.15, 0.2) is 0 Å². The number of methoxy groups -OCH3 is 1. The zero-order valence-corrected chi connectivity index (χ0v) is 18.1. The van der Waals surface area contributed by atoms with Crippen LogP contribution in [0.3, 0.4) is 0 Å². The van der Waals surface area contributed by atoms with E-state index in [2.05, 4.69) is 5.32 Å². The van der Waals surface area contributed by atoms with Crippen LogP contribution in [-0.4, -0.2) is 41.7 Å². The molecule has 2 aromatic rings. The van der Waals surface area contributed by atoms with Crippen LogP contribution in [0, 0.1) is 23.7 Å². The Kier molecular flexibility index (Phi) is 5.32. The molecule has 168 valence electrons. The minimum absolute atomic E-state index is 0.0766. The number of hydrogen-bond acceptors (Lipinski definition) is 5. The van der Waals surface area contributed by atoms with Gasteiger partial charge in [0.1, 0.15) is 6.04 Å². The lowest BCUT2D eigenvalue weighted by atomic mass is 9.85. The van der Waals surface area contributed by atoms with E-state index in [1.54, 1.807) is 24.3 Å². The highest BCUT2D eigenvalue weighted by Gasteiger charge is 2.61. The van der Waals surface area contributed by atoms with Crippen LogP contribution in [0.5, 0.6) is 0 Å². The van der Waals surface area contributed by atoms with Gasteiger partial charge in [-0.1, -0.05) is 42.5 Å². The number of nitrogens with one attached hydrogen (secondary N) is 1. The van der Waals surface area contributed by atoms with E-state index in [9.17, 15) is 19.2 Å². The van der Waals surface area contributed by atoms with Crippen molar-refractivity contribution < 1.29 is 23.9 Å². The maximum Gasteiger partial charge on any atom is 0.337 e. The minimum atomic E-state index is -0.960.